The van der Waals surface area contributed by atoms with Crippen LogP contribution in [0, 0.1) is 5.92 Å². The first kappa shape index (κ1) is 12.4. The summed E-state index contributed by atoms with van der Waals surface area (Å²) >= 11 is 0. The highest BCUT2D eigenvalue weighted by molar-refractivity contribution is 5.39. The maximum atomic E-state index is 8.82. The average molecular weight is 235 g/mol. The van der Waals surface area contributed by atoms with E-state index in [1.165, 1.54) is 11.1 Å². The Labute approximate surface area is 103 Å². The Balaban J connectivity index is 1.79. The lowest BCUT2D eigenvalue weighted by atomic mass is 10.1. The van der Waals surface area contributed by atoms with E-state index in [0.717, 1.165) is 38.3 Å². The van der Waals surface area contributed by atoms with Crippen LogP contribution in [0.3, 0.4) is 0 Å². The van der Waals surface area contributed by atoms with Gasteiger partial charge in [0.15, 0.2) is 0 Å². The number of aliphatic hydroxyl groups is 1. The number of hydrogen-bond acceptors (Lipinski definition) is 3. The Bertz CT molecular complexity index is 365. The second-order valence-electron chi connectivity index (χ2n) is 4.79. The van der Waals surface area contributed by atoms with Crippen LogP contribution in [0.5, 0.6) is 5.75 Å². The second-order valence-corrected chi connectivity index (χ2v) is 4.79. The number of hydrogen-bond donors (Lipinski definition) is 2. The molecule has 3 heteroatoms. The van der Waals surface area contributed by atoms with Crippen LogP contribution in [0.15, 0.2) is 18.2 Å². The molecule has 1 aliphatic heterocycles. The summed E-state index contributed by atoms with van der Waals surface area (Å²) in [6.45, 7) is 5.09. The smallest absolute Gasteiger partial charge is 0.122 e. The highest BCUT2D eigenvalue weighted by atomic mass is 16.5. The zero-order valence-electron chi connectivity index (χ0n) is 10.4. The first-order valence-electron chi connectivity index (χ1n) is 6.36. The summed E-state index contributed by atoms with van der Waals surface area (Å²) in [7, 11) is 0. The molecule has 0 fully saturated rings. The van der Waals surface area contributed by atoms with Gasteiger partial charge in [0, 0.05) is 19.6 Å². The number of benzene rings is 1. The van der Waals surface area contributed by atoms with Crippen LogP contribution in [0.4, 0.5) is 0 Å². The topological polar surface area (TPSA) is 41.5 Å². The van der Waals surface area contributed by atoms with Gasteiger partial charge < -0.3 is 15.2 Å². The van der Waals surface area contributed by atoms with Crippen LogP contribution in [-0.4, -0.2) is 24.9 Å². The molecule has 94 valence electrons. The van der Waals surface area contributed by atoms with E-state index in [0.29, 0.717) is 5.92 Å². The zero-order chi connectivity index (χ0) is 12.1. The number of ether oxygens (including phenoxy) is 1. The monoisotopic (exact) mass is 235 g/mol. The van der Waals surface area contributed by atoms with Gasteiger partial charge in [0.1, 0.15) is 5.75 Å². The van der Waals surface area contributed by atoms with Crippen molar-refractivity contribution in [2.75, 3.05) is 19.8 Å². The highest BCUT2D eigenvalue weighted by Gasteiger charge is 2.11. The van der Waals surface area contributed by atoms with Gasteiger partial charge in [0.2, 0.25) is 0 Å². The van der Waals surface area contributed by atoms with Crippen molar-refractivity contribution in [2.45, 2.75) is 26.3 Å². The molecule has 1 heterocycles. The van der Waals surface area contributed by atoms with E-state index < -0.39 is 0 Å². The zero-order valence-corrected chi connectivity index (χ0v) is 10.4. The molecule has 0 amide bonds. The van der Waals surface area contributed by atoms with E-state index in [1.54, 1.807) is 0 Å². The molecule has 1 atom stereocenters. The lowest BCUT2D eigenvalue weighted by molar-refractivity contribution is 0.260. The molecule has 2 N–H and O–H groups in total. The Kier molecular flexibility index (Phi) is 4.40. The molecular weight excluding hydrogens is 214 g/mol. The van der Waals surface area contributed by atoms with E-state index in [2.05, 4.69) is 30.4 Å². The Morgan fingerprint density at radius 2 is 2.35 bits per heavy atom. The third-order valence-electron chi connectivity index (χ3n) is 3.20. The molecule has 0 spiro atoms. The Morgan fingerprint density at radius 1 is 1.47 bits per heavy atom. The predicted octanol–water partition coefficient (Wildman–Crippen LogP) is 1.73. The second kappa shape index (κ2) is 6.03. The summed E-state index contributed by atoms with van der Waals surface area (Å²) < 4.78 is 5.48. The summed E-state index contributed by atoms with van der Waals surface area (Å²) in [5, 5.41) is 12.2. The summed E-state index contributed by atoms with van der Waals surface area (Å²) in [6.07, 6.45) is 1.90. The van der Waals surface area contributed by atoms with Gasteiger partial charge in [0.05, 0.1) is 6.61 Å². The molecule has 1 aromatic rings. The molecular formula is C14H21NO2. The minimum Gasteiger partial charge on any atom is -0.493 e. The Hall–Kier alpha value is -1.06. The van der Waals surface area contributed by atoms with Gasteiger partial charge in [-0.1, -0.05) is 19.1 Å². The lowest BCUT2D eigenvalue weighted by Gasteiger charge is -2.11. The third-order valence-corrected chi connectivity index (χ3v) is 3.20. The van der Waals surface area contributed by atoms with E-state index in [1.807, 2.05) is 0 Å². The SMILES string of the molecule is CC(CCO)CNCc1ccc2c(c1)CCO2. The van der Waals surface area contributed by atoms with Crippen molar-refractivity contribution in [1.82, 2.24) is 5.32 Å². The number of aliphatic hydroxyl groups excluding tert-OH is 1. The molecule has 0 aliphatic carbocycles. The van der Waals surface area contributed by atoms with Crippen LogP contribution in [0.25, 0.3) is 0 Å². The van der Waals surface area contributed by atoms with Crippen molar-refractivity contribution in [3.63, 3.8) is 0 Å². The van der Waals surface area contributed by atoms with E-state index in [-0.39, 0.29) is 6.61 Å². The Morgan fingerprint density at radius 3 is 3.18 bits per heavy atom. The summed E-state index contributed by atoms with van der Waals surface area (Å²) in [5.41, 5.74) is 2.64. The minimum atomic E-state index is 0.277. The van der Waals surface area contributed by atoms with Crippen LogP contribution in [0.1, 0.15) is 24.5 Å². The number of nitrogens with one attached hydrogen (secondary N) is 1. The van der Waals surface area contributed by atoms with Crippen molar-refractivity contribution in [1.29, 1.82) is 0 Å². The molecule has 0 saturated carbocycles. The van der Waals surface area contributed by atoms with Crippen LogP contribution < -0.4 is 10.1 Å². The molecule has 1 aliphatic rings. The fourth-order valence-corrected chi connectivity index (χ4v) is 2.14. The summed E-state index contributed by atoms with van der Waals surface area (Å²) in [6, 6.07) is 6.41. The van der Waals surface area contributed by atoms with E-state index in [9.17, 15) is 0 Å². The molecule has 0 aromatic heterocycles. The predicted molar refractivity (Wildman–Crippen MR) is 68.2 cm³/mol. The maximum Gasteiger partial charge on any atom is 0.122 e. The normalized spacial score (nSPS) is 15.4. The van der Waals surface area contributed by atoms with Gasteiger partial charge >= 0.3 is 0 Å². The largest absolute Gasteiger partial charge is 0.493 e. The summed E-state index contributed by atoms with van der Waals surface area (Å²) in [4.78, 5) is 0. The van der Waals surface area contributed by atoms with Gasteiger partial charge in [-0.25, -0.2) is 0 Å². The summed E-state index contributed by atoms with van der Waals surface area (Å²) in [5.74, 6) is 1.57. The fourth-order valence-electron chi connectivity index (χ4n) is 2.14. The van der Waals surface area contributed by atoms with Gasteiger partial charge in [-0.05, 0) is 36.1 Å². The van der Waals surface area contributed by atoms with Crippen molar-refractivity contribution >= 4 is 0 Å². The highest BCUT2D eigenvalue weighted by Crippen LogP contribution is 2.25. The van der Waals surface area contributed by atoms with Crippen LogP contribution in [-0.2, 0) is 13.0 Å². The average Bonchev–Trinajstić information content (AvgIpc) is 2.76. The fraction of sp³-hybridized carbons (Fsp3) is 0.571. The number of fused-ring (bicyclic) bond motifs is 1. The molecule has 1 aromatic carbocycles. The molecule has 0 bridgehead atoms. The molecule has 0 saturated heterocycles. The number of rotatable bonds is 6. The minimum absolute atomic E-state index is 0.277. The van der Waals surface area contributed by atoms with Gasteiger partial charge in [-0.15, -0.1) is 0 Å². The van der Waals surface area contributed by atoms with E-state index >= 15 is 0 Å². The molecule has 1 unspecified atom stereocenters. The van der Waals surface area contributed by atoms with Crippen molar-refractivity contribution in [3.05, 3.63) is 29.3 Å². The van der Waals surface area contributed by atoms with Crippen LogP contribution >= 0.6 is 0 Å². The van der Waals surface area contributed by atoms with Gasteiger partial charge in [-0.2, -0.15) is 0 Å². The molecule has 0 radical (unpaired) electrons. The van der Waals surface area contributed by atoms with Crippen molar-refractivity contribution < 1.29 is 9.84 Å². The van der Waals surface area contributed by atoms with E-state index in [4.69, 9.17) is 9.84 Å². The van der Waals surface area contributed by atoms with Crippen LogP contribution in [0.2, 0.25) is 0 Å². The lowest BCUT2D eigenvalue weighted by Crippen LogP contribution is -2.21. The van der Waals surface area contributed by atoms with Crippen molar-refractivity contribution in [2.24, 2.45) is 5.92 Å². The van der Waals surface area contributed by atoms with Gasteiger partial charge in [0.25, 0.3) is 0 Å². The van der Waals surface area contributed by atoms with Crippen molar-refractivity contribution in [3.8, 4) is 5.75 Å². The van der Waals surface area contributed by atoms with Gasteiger partial charge in [-0.3, -0.25) is 0 Å². The maximum absolute atomic E-state index is 8.82. The first-order chi connectivity index (χ1) is 8.29. The first-order valence-corrected chi connectivity index (χ1v) is 6.36. The third kappa shape index (κ3) is 3.45. The molecule has 2 rings (SSSR count). The standard InChI is InChI=1S/C14H21NO2/c1-11(4-6-16)9-15-10-12-2-3-14-13(8-12)5-7-17-14/h2-3,8,11,15-16H,4-7,9-10H2,1H3. The molecule has 3 nitrogen and oxygen atoms in total. The quantitative estimate of drug-likeness (QED) is 0.789. The molecule has 17 heavy (non-hydrogen) atoms.